The summed E-state index contributed by atoms with van der Waals surface area (Å²) in [4.78, 5) is 16.6. The van der Waals surface area contributed by atoms with E-state index in [0.29, 0.717) is 24.2 Å². The molecule has 1 fully saturated rings. The Morgan fingerprint density at radius 2 is 2.19 bits per heavy atom. The van der Waals surface area contributed by atoms with Crippen LogP contribution in [0.4, 0.5) is 5.95 Å². The lowest BCUT2D eigenvalue weighted by atomic mass is 9.98. The van der Waals surface area contributed by atoms with Gasteiger partial charge in [0.2, 0.25) is 11.9 Å². The summed E-state index contributed by atoms with van der Waals surface area (Å²) in [6.45, 7) is 6.28. The first kappa shape index (κ1) is 15.9. The molecule has 1 aliphatic rings. The highest BCUT2D eigenvalue weighted by Crippen LogP contribution is 2.23. The van der Waals surface area contributed by atoms with Crippen LogP contribution in [0.15, 0.2) is 0 Å². The van der Waals surface area contributed by atoms with E-state index >= 15 is 0 Å². The van der Waals surface area contributed by atoms with Crippen molar-refractivity contribution in [2.75, 3.05) is 18.4 Å². The van der Waals surface area contributed by atoms with Crippen molar-refractivity contribution >= 4 is 11.9 Å². The maximum atomic E-state index is 12.0. The van der Waals surface area contributed by atoms with Crippen molar-refractivity contribution in [1.82, 2.24) is 20.1 Å². The average Bonchev–Trinajstić information content (AvgIpc) is 2.81. The number of nitrogens with zero attached hydrogens (tertiary/aromatic N) is 3. The van der Waals surface area contributed by atoms with E-state index in [-0.39, 0.29) is 5.91 Å². The highest BCUT2D eigenvalue weighted by molar-refractivity contribution is 5.89. The second-order valence-electron chi connectivity index (χ2n) is 6.09. The Morgan fingerprint density at radius 3 is 2.86 bits per heavy atom. The van der Waals surface area contributed by atoms with Crippen LogP contribution in [-0.2, 0) is 11.8 Å². The van der Waals surface area contributed by atoms with Crippen molar-refractivity contribution < 1.29 is 4.79 Å². The van der Waals surface area contributed by atoms with Crippen molar-refractivity contribution in [2.24, 2.45) is 13.0 Å². The Hall–Kier alpha value is -1.43. The Balaban J connectivity index is 1.94. The average molecular weight is 293 g/mol. The van der Waals surface area contributed by atoms with E-state index in [4.69, 9.17) is 0 Å². The molecule has 0 spiro atoms. The van der Waals surface area contributed by atoms with Gasteiger partial charge in [-0.05, 0) is 31.8 Å². The largest absolute Gasteiger partial charge is 0.317 e. The van der Waals surface area contributed by atoms with Gasteiger partial charge in [-0.15, -0.1) is 0 Å². The molecule has 2 N–H and O–H groups in total. The number of aryl methyl sites for hydroxylation is 1. The van der Waals surface area contributed by atoms with Crippen LogP contribution in [0.1, 0.15) is 57.7 Å². The molecule has 0 bridgehead atoms. The maximum absolute atomic E-state index is 12.0. The van der Waals surface area contributed by atoms with Gasteiger partial charge in [-0.3, -0.25) is 10.1 Å². The van der Waals surface area contributed by atoms with Gasteiger partial charge < -0.3 is 5.32 Å². The van der Waals surface area contributed by atoms with Gasteiger partial charge in [-0.1, -0.05) is 26.7 Å². The standard InChI is InChI=1S/C15H27N5O/c1-4-5-11(2)10-13(21)17-15-18-14(19-20(15)3)12-6-8-16-9-7-12/h11-12,16H,4-10H2,1-3H3,(H,17,18,19,21). The Kier molecular flexibility index (Phi) is 5.73. The molecule has 1 unspecified atom stereocenters. The third kappa shape index (κ3) is 4.52. The van der Waals surface area contributed by atoms with Gasteiger partial charge in [0.15, 0.2) is 5.82 Å². The maximum Gasteiger partial charge on any atom is 0.227 e. The minimum Gasteiger partial charge on any atom is -0.317 e. The number of carbonyl (C=O) groups excluding carboxylic acids is 1. The molecule has 6 heteroatoms. The van der Waals surface area contributed by atoms with Gasteiger partial charge in [0.05, 0.1) is 0 Å². The predicted molar refractivity (Wildman–Crippen MR) is 83.2 cm³/mol. The van der Waals surface area contributed by atoms with E-state index in [0.717, 1.165) is 44.6 Å². The fraction of sp³-hybridized carbons (Fsp3) is 0.800. The van der Waals surface area contributed by atoms with Crippen LogP contribution < -0.4 is 10.6 Å². The highest BCUT2D eigenvalue weighted by Gasteiger charge is 2.21. The van der Waals surface area contributed by atoms with E-state index in [9.17, 15) is 4.79 Å². The van der Waals surface area contributed by atoms with Crippen LogP contribution >= 0.6 is 0 Å². The zero-order valence-corrected chi connectivity index (χ0v) is 13.4. The SMILES string of the molecule is CCCC(C)CC(=O)Nc1nc(C2CCNCC2)nn1C. The minimum atomic E-state index is 0.0308. The second kappa shape index (κ2) is 7.54. The van der Waals surface area contributed by atoms with Gasteiger partial charge >= 0.3 is 0 Å². The van der Waals surface area contributed by atoms with Crippen LogP contribution in [0.25, 0.3) is 0 Å². The molecule has 0 radical (unpaired) electrons. The molecule has 21 heavy (non-hydrogen) atoms. The molecule has 1 aromatic heterocycles. The molecule has 0 aromatic carbocycles. The summed E-state index contributed by atoms with van der Waals surface area (Å²) >= 11 is 0. The molecule has 1 aliphatic heterocycles. The lowest BCUT2D eigenvalue weighted by Crippen LogP contribution is -2.27. The van der Waals surface area contributed by atoms with Crippen LogP contribution in [-0.4, -0.2) is 33.8 Å². The van der Waals surface area contributed by atoms with Gasteiger partial charge in [-0.2, -0.15) is 10.1 Å². The van der Waals surface area contributed by atoms with Crippen LogP contribution in [0.2, 0.25) is 0 Å². The lowest BCUT2D eigenvalue weighted by molar-refractivity contribution is -0.117. The number of nitrogens with one attached hydrogen (secondary N) is 2. The monoisotopic (exact) mass is 293 g/mol. The molecular weight excluding hydrogens is 266 g/mol. The molecule has 1 amide bonds. The first-order valence-electron chi connectivity index (χ1n) is 8.01. The highest BCUT2D eigenvalue weighted by atomic mass is 16.1. The smallest absolute Gasteiger partial charge is 0.227 e. The summed E-state index contributed by atoms with van der Waals surface area (Å²) in [5.41, 5.74) is 0. The van der Waals surface area contributed by atoms with Crippen molar-refractivity contribution in [3.05, 3.63) is 5.82 Å². The van der Waals surface area contributed by atoms with Crippen LogP contribution in [0, 0.1) is 5.92 Å². The Bertz CT molecular complexity index is 465. The first-order valence-corrected chi connectivity index (χ1v) is 8.01. The number of hydrogen-bond donors (Lipinski definition) is 2. The zero-order valence-electron chi connectivity index (χ0n) is 13.4. The van der Waals surface area contributed by atoms with E-state index < -0.39 is 0 Å². The molecule has 0 saturated carbocycles. The third-order valence-electron chi connectivity index (χ3n) is 4.05. The number of aromatic nitrogens is 3. The lowest BCUT2D eigenvalue weighted by Gasteiger charge is -2.19. The number of amides is 1. The molecule has 2 heterocycles. The van der Waals surface area contributed by atoms with Crippen molar-refractivity contribution in [2.45, 2.75) is 51.9 Å². The summed E-state index contributed by atoms with van der Waals surface area (Å²) in [6, 6.07) is 0. The molecule has 1 atom stereocenters. The summed E-state index contributed by atoms with van der Waals surface area (Å²) < 4.78 is 1.68. The Labute approximate surface area is 126 Å². The molecule has 1 saturated heterocycles. The fourth-order valence-corrected chi connectivity index (χ4v) is 2.85. The van der Waals surface area contributed by atoms with Gasteiger partial charge in [0.25, 0.3) is 0 Å². The van der Waals surface area contributed by atoms with E-state index in [1.807, 2.05) is 7.05 Å². The topological polar surface area (TPSA) is 71.8 Å². The van der Waals surface area contributed by atoms with E-state index in [1.54, 1.807) is 4.68 Å². The number of rotatable bonds is 6. The molecular formula is C15H27N5O. The molecule has 0 aliphatic carbocycles. The molecule has 1 aromatic rings. The summed E-state index contributed by atoms with van der Waals surface area (Å²) in [7, 11) is 1.84. The summed E-state index contributed by atoms with van der Waals surface area (Å²) in [5, 5.41) is 10.7. The number of hydrogen-bond acceptors (Lipinski definition) is 4. The molecule has 118 valence electrons. The van der Waals surface area contributed by atoms with Crippen LogP contribution in [0.5, 0.6) is 0 Å². The fourth-order valence-electron chi connectivity index (χ4n) is 2.85. The van der Waals surface area contributed by atoms with Crippen molar-refractivity contribution in [1.29, 1.82) is 0 Å². The predicted octanol–water partition coefficient (Wildman–Crippen LogP) is 2.05. The molecule has 6 nitrogen and oxygen atoms in total. The van der Waals surface area contributed by atoms with Gasteiger partial charge in [0.1, 0.15) is 0 Å². The molecule has 2 rings (SSSR count). The van der Waals surface area contributed by atoms with Crippen molar-refractivity contribution in [3.63, 3.8) is 0 Å². The number of carbonyl (C=O) groups is 1. The van der Waals surface area contributed by atoms with Crippen molar-refractivity contribution in [3.8, 4) is 0 Å². The summed E-state index contributed by atoms with van der Waals surface area (Å²) in [6.07, 6.45) is 4.85. The normalized spacial score (nSPS) is 17.7. The quantitative estimate of drug-likeness (QED) is 0.842. The summed E-state index contributed by atoms with van der Waals surface area (Å²) in [5.74, 6) is 2.27. The van der Waals surface area contributed by atoms with Gasteiger partial charge in [0, 0.05) is 19.4 Å². The van der Waals surface area contributed by atoms with Crippen LogP contribution in [0.3, 0.4) is 0 Å². The number of piperidine rings is 1. The number of anilines is 1. The van der Waals surface area contributed by atoms with E-state index in [2.05, 4.69) is 34.6 Å². The first-order chi connectivity index (χ1) is 10.1. The minimum absolute atomic E-state index is 0.0308. The van der Waals surface area contributed by atoms with Gasteiger partial charge in [-0.25, -0.2) is 4.68 Å². The Morgan fingerprint density at radius 1 is 1.48 bits per heavy atom. The van der Waals surface area contributed by atoms with E-state index in [1.165, 1.54) is 0 Å². The zero-order chi connectivity index (χ0) is 15.2. The second-order valence-corrected chi connectivity index (χ2v) is 6.09. The third-order valence-corrected chi connectivity index (χ3v) is 4.05.